The Labute approximate surface area is 125 Å². The van der Waals surface area contributed by atoms with Crippen molar-refractivity contribution in [2.45, 2.75) is 42.9 Å². The zero-order valence-corrected chi connectivity index (χ0v) is 13.3. The van der Waals surface area contributed by atoms with Crippen molar-refractivity contribution >= 4 is 21.8 Å². The summed E-state index contributed by atoms with van der Waals surface area (Å²) in [4.78, 5) is 0. The summed E-state index contributed by atoms with van der Waals surface area (Å²) in [5.74, 6) is 0.0400. The molecule has 112 valence electrons. The summed E-state index contributed by atoms with van der Waals surface area (Å²) in [6.07, 6.45) is 5.06. The minimum Gasteiger partial charge on any atom is -0.326 e. The lowest BCUT2D eigenvalue weighted by molar-refractivity contribution is 0.552. The second-order valence-corrected chi connectivity index (χ2v) is 8.16. The van der Waals surface area contributed by atoms with Crippen molar-refractivity contribution < 1.29 is 8.42 Å². The summed E-state index contributed by atoms with van der Waals surface area (Å²) < 4.78 is 27.2. The maximum absolute atomic E-state index is 12.2. The van der Waals surface area contributed by atoms with Crippen LogP contribution in [0.1, 0.15) is 30.4 Å². The van der Waals surface area contributed by atoms with E-state index in [1.54, 1.807) is 0 Å². The molecule has 0 spiro atoms. The normalized spacial score (nSPS) is 23.1. The van der Waals surface area contributed by atoms with Crippen LogP contribution < -0.4 is 10.5 Å². The van der Waals surface area contributed by atoms with E-state index in [0.717, 1.165) is 30.4 Å². The van der Waals surface area contributed by atoms with Crippen molar-refractivity contribution in [1.82, 2.24) is 4.72 Å². The fourth-order valence-corrected chi connectivity index (χ4v) is 4.78. The molecule has 2 atom stereocenters. The molecule has 0 radical (unpaired) electrons. The number of hydrogen-bond donors (Lipinski definition) is 2. The van der Waals surface area contributed by atoms with E-state index in [1.807, 2.05) is 36.0 Å². The Morgan fingerprint density at radius 1 is 1.25 bits per heavy atom. The van der Waals surface area contributed by atoms with Gasteiger partial charge in [-0.2, -0.15) is 11.8 Å². The van der Waals surface area contributed by atoms with Gasteiger partial charge in [-0.15, -0.1) is 0 Å². The summed E-state index contributed by atoms with van der Waals surface area (Å²) in [5.41, 5.74) is 7.34. The number of hydrogen-bond acceptors (Lipinski definition) is 4. The number of rotatable bonds is 6. The van der Waals surface area contributed by atoms with Gasteiger partial charge in [0.2, 0.25) is 10.0 Å². The molecule has 0 saturated heterocycles. The molecule has 0 heterocycles. The van der Waals surface area contributed by atoms with Gasteiger partial charge in [-0.3, -0.25) is 0 Å². The topological polar surface area (TPSA) is 72.2 Å². The van der Waals surface area contributed by atoms with E-state index in [-0.39, 0.29) is 11.8 Å². The van der Waals surface area contributed by atoms with Crippen molar-refractivity contribution in [3.8, 4) is 0 Å². The van der Waals surface area contributed by atoms with Gasteiger partial charge in [0.15, 0.2) is 0 Å². The molecule has 1 saturated carbocycles. The molecular weight excluding hydrogens is 292 g/mol. The summed E-state index contributed by atoms with van der Waals surface area (Å²) in [6, 6.07) is 7.52. The molecular formula is C14H22N2O2S2. The van der Waals surface area contributed by atoms with E-state index in [0.29, 0.717) is 11.8 Å². The quantitative estimate of drug-likeness (QED) is 0.840. The lowest BCUT2D eigenvalue weighted by atomic mass is 10.1. The van der Waals surface area contributed by atoms with Crippen molar-refractivity contribution in [2.24, 2.45) is 5.73 Å². The fourth-order valence-electron chi connectivity index (χ4n) is 2.55. The van der Waals surface area contributed by atoms with Gasteiger partial charge in [-0.05, 0) is 36.6 Å². The minimum atomic E-state index is -3.26. The molecule has 4 nitrogen and oxygen atoms in total. The van der Waals surface area contributed by atoms with E-state index in [2.05, 4.69) is 11.0 Å². The number of nitrogens with two attached hydrogens (primary N) is 1. The highest BCUT2D eigenvalue weighted by molar-refractivity contribution is 7.99. The fraction of sp³-hybridized carbons (Fsp3) is 0.571. The highest BCUT2D eigenvalue weighted by Gasteiger charge is 2.27. The zero-order valence-electron chi connectivity index (χ0n) is 11.7. The lowest BCUT2D eigenvalue weighted by Gasteiger charge is -2.13. The summed E-state index contributed by atoms with van der Waals surface area (Å²) >= 11 is 1.82. The van der Waals surface area contributed by atoms with Gasteiger partial charge >= 0.3 is 0 Å². The van der Waals surface area contributed by atoms with Crippen molar-refractivity contribution in [1.29, 1.82) is 0 Å². The molecule has 0 amide bonds. The molecule has 0 bridgehead atoms. The second kappa shape index (κ2) is 6.93. The Balaban J connectivity index is 1.93. The number of benzene rings is 1. The Morgan fingerprint density at radius 3 is 2.45 bits per heavy atom. The summed E-state index contributed by atoms with van der Waals surface area (Å²) in [7, 11) is -3.26. The third-order valence-electron chi connectivity index (χ3n) is 3.68. The average molecular weight is 314 g/mol. The van der Waals surface area contributed by atoms with E-state index in [4.69, 9.17) is 5.73 Å². The monoisotopic (exact) mass is 314 g/mol. The van der Waals surface area contributed by atoms with E-state index < -0.39 is 10.0 Å². The van der Waals surface area contributed by atoms with Crippen LogP contribution in [-0.4, -0.2) is 26.0 Å². The van der Waals surface area contributed by atoms with Crippen LogP contribution in [0.2, 0.25) is 0 Å². The van der Waals surface area contributed by atoms with Crippen LogP contribution in [0, 0.1) is 0 Å². The molecule has 0 aliphatic heterocycles. The molecule has 3 N–H and O–H groups in total. The van der Waals surface area contributed by atoms with Gasteiger partial charge in [0.1, 0.15) is 0 Å². The Hall–Kier alpha value is -0.560. The second-order valence-electron chi connectivity index (χ2n) is 5.27. The summed E-state index contributed by atoms with van der Waals surface area (Å²) in [5, 5.41) is 0.589. The molecule has 2 unspecified atom stereocenters. The van der Waals surface area contributed by atoms with Crippen molar-refractivity contribution in [3.63, 3.8) is 0 Å². The van der Waals surface area contributed by atoms with Gasteiger partial charge in [-0.25, -0.2) is 13.1 Å². The largest absolute Gasteiger partial charge is 0.326 e. The Kier molecular flexibility index (Phi) is 5.49. The predicted molar refractivity (Wildman–Crippen MR) is 85.0 cm³/mol. The van der Waals surface area contributed by atoms with E-state index >= 15 is 0 Å². The van der Waals surface area contributed by atoms with Gasteiger partial charge in [0.05, 0.1) is 5.75 Å². The Bertz CT molecular complexity index is 529. The molecule has 1 aromatic carbocycles. The molecule has 20 heavy (non-hydrogen) atoms. The van der Waals surface area contributed by atoms with E-state index in [1.165, 1.54) is 0 Å². The molecule has 1 fully saturated rings. The smallest absolute Gasteiger partial charge is 0.216 e. The van der Waals surface area contributed by atoms with Gasteiger partial charge in [0.25, 0.3) is 0 Å². The van der Waals surface area contributed by atoms with Crippen LogP contribution in [0.15, 0.2) is 24.3 Å². The first-order valence-electron chi connectivity index (χ1n) is 6.83. The summed E-state index contributed by atoms with van der Waals surface area (Å²) in [6.45, 7) is 0.476. The third-order valence-corrected chi connectivity index (χ3v) is 6.18. The van der Waals surface area contributed by atoms with Crippen LogP contribution in [0.25, 0.3) is 0 Å². The van der Waals surface area contributed by atoms with Crippen LogP contribution >= 0.6 is 11.8 Å². The van der Waals surface area contributed by atoms with Crippen LogP contribution in [0.3, 0.4) is 0 Å². The standard InChI is InChI=1S/C14H22N2O2S2/c1-19-14-7-6-13(8-14)16-20(17,18)10-12-4-2-11(9-15)3-5-12/h2-5,13-14,16H,6-10,15H2,1H3. The molecule has 1 aliphatic rings. The molecule has 2 rings (SSSR count). The SMILES string of the molecule is CSC1CCC(NS(=O)(=O)Cc2ccc(CN)cc2)C1. The van der Waals surface area contributed by atoms with Crippen LogP contribution in [-0.2, 0) is 22.3 Å². The van der Waals surface area contributed by atoms with Crippen LogP contribution in [0.5, 0.6) is 0 Å². The van der Waals surface area contributed by atoms with Crippen LogP contribution in [0.4, 0.5) is 0 Å². The van der Waals surface area contributed by atoms with Gasteiger partial charge in [-0.1, -0.05) is 24.3 Å². The molecule has 0 aromatic heterocycles. The highest BCUT2D eigenvalue weighted by atomic mass is 32.2. The lowest BCUT2D eigenvalue weighted by Crippen LogP contribution is -2.34. The first-order valence-corrected chi connectivity index (χ1v) is 9.77. The van der Waals surface area contributed by atoms with Crippen molar-refractivity contribution in [3.05, 3.63) is 35.4 Å². The third kappa shape index (κ3) is 4.48. The Morgan fingerprint density at radius 2 is 1.90 bits per heavy atom. The zero-order chi connectivity index (χ0) is 14.6. The number of sulfonamides is 1. The van der Waals surface area contributed by atoms with Gasteiger partial charge in [0, 0.05) is 17.8 Å². The number of thioether (sulfide) groups is 1. The molecule has 6 heteroatoms. The number of nitrogens with one attached hydrogen (secondary N) is 1. The highest BCUT2D eigenvalue weighted by Crippen LogP contribution is 2.28. The maximum Gasteiger partial charge on any atom is 0.216 e. The van der Waals surface area contributed by atoms with E-state index in [9.17, 15) is 8.42 Å². The molecule has 1 aromatic rings. The minimum absolute atomic E-state index is 0.0400. The first kappa shape index (κ1) is 15.8. The molecule has 1 aliphatic carbocycles. The predicted octanol–water partition coefficient (Wildman–Crippen LogP) is 1.85. The first-order chi connectivity index (χ1) is 9.52. The van der Waals surface area contributed by atoms with Gasteiger partial charge < -0.3 is 5.73 Å². The maximum atomic E-state index is 12.2. The van der Waals surface area contributed by atoms with Crippen molar-refractivity contribution in [2.75, 3.05) is 6.26 Å². The average Bonchev–Trinajstić information content (AvgIpc) is 2.86.